The van der Waals surface area contributed by atoms with Crippen LogP contribution in [0.5, 0.6) is 0 Å². The van der Waals surface area contributed by atoms with Crippen molar-refractivity contribution < 1.29 is 14.3 Å². The van der Waals surface area contributed by atoms with Crippen molar-refractivity contribution in [3.63, 3.8) is 0 Å². The first-order valence-corrected chi connectivity index (χ1v) is 9.46. The third kappa shape index (κ3) is 6.22. The predicted octanol–water partition coefficient (Wildman–Crippen LogP) is 4.12. The molecule has 0 aliphatic rings. The van der Waals surface area contributed by atoms with E-state index in [0.29, 0.717) is 24.4 Å². The van der Waals surface area contributed by atoms with E-state index >= 15 is 0 Å². The molecule has 150 valence electrons. The largest absolute Gasteiger partial charge is 0.462 e. The van der Waals surface area contributed by atoms with Crippen LogP contribution in [-0.2, 0) is 16.1 Å². The maximum absolute atomic E-state index is 12.4. The van der Waals surface area contributed by atoms with Crippen LogP contribution in [-0.4, -0.2) is 18.5 Å². The normalized spacial score (nSPS) is 10.9. The number of para-hydroxylation sites is 1. The molecule has 1 amide bonds. The van der Waals surface area contributed by atoms with E-state index < -0.39 is 5.91 Å². The monoisotopic (exact) mass is 391 g/mol. The van der Waals surface area contributed by atoms with Crippen molar-refractivity contribution in [1.29, 1.82) is 5.26 Å². The number of carbonyl (C=O) groups is 2. The summed E-state index contributed by atoms with van der Waals surface area (Å²) in [5.74, 6) is -0.584. The number of nitrogens with one attached hydrogen (secondary N) is 2. The zero-order chi connectivity index (χ0) is 21.2. The lowest BCUT2D eigenvalue weighted by Crippen LogP contribution is -2.17. The number of esters is 1. The molecule has 0 spiro atoms. The van der Waals surface area contributed by atoms with Crippen molar-refractivity contribution in [3.8, 4) is 6.07 Å². The van der Waals surface area contributed by atoms with Gasteiger partial charge in [0.2, 0.25) is 0 Å². The molecule has 0 aliphatic heterocycles. The second-order valence-electron chi connectivity index (χ2n) is 6.66. The van der Waals surface area contributed by atoms with Crippen LogP contribution in [0.15, 0.2) is 60.3 Å². The van der Waals surface area contributed by atoms with E-state index in [9.17, 15) is 14.9 Å². The molecule has 2 aromatic rings. The second kappa shape index (κ2) is 10.7. The molecule has 0 saturated heterocycles. The van der Waals surface area contributed by atoms with Gasteiger partial charge in [0.15, 0.2) is 0 Å². The summed E-state index contributed by atoms with van der Waals surface area (Å²) in [7, 11) is 0. The summed E-state index contributed by atoms with van der Waals surface area (Å²) in [6, 6.07) is 16.4. The van der Waals surface area contributed by atoms with Crippen LogP contribution >= 0.6 is 0 Å². The SMILES string of the molecule is CCOC(=O)c1ccc(CN/C=C(/C#N)C(=O)Nc2ccccc2C(C)C)cc1. The number of hydrogen-bond acceptors (Lipinski definition) is 5. The van der Waals surface area contributed by atoms with Gasteiger partial charge in [-0.2, -0.15) is 5.26 Å². The molecule has 0 unspecified atom stereocenters. The molecule has 2 rings (SSSR count). The average Bonchev–Trinajstić information content (AvgIpc) is 2.72. The third-order valence-corrected chi connectivity index (χ3v) is 4.21. The summed E-state index contributed by atoms with van der Waals surface area (Å²) in [6.45, 7) is 6.58. The summed E-state index contributed by atoms with van der Waals surface area (Å²) < 4.78 is 4.95. The highest BCUT2D eigenvalue weighted by atomic mass is 16.5. The van der Waals surface area contributed by atoms with Crippen LogP contribution in [0.25, 0.3) is 0 Å². The summed E-state index contributed by atoms with van der Waals surface area (Å²) in [5.41, 5.74) is 3.06. The van der Waals surface area contributed by atoms with E-state index in [4.69, 9.17) is 4.74 Å². The minimum Gasteiger partial charge on any atom is -0.462 e. The topological polar surface area (TPSA) is 91.2 Å². The molecule has 0 aromatic heterocycles. The van der Waals surface area contributed by atoms with Crippen LogP contribution in [0.3, 0.4) is 0 Å². The Kier molecular flexibility index (Phi) is 7.99. The number of hydrogen-bond donors (Lipinski definition) is 2. The minimum absolute atomic E-state index is 0.0216. The highest BCUT2D eigenvalue weighted by molar-refractivity contribution is 6.06. The van der Waals surface area contributed by atoms with E-state index in [0.717, 1.165) is 11.1 Å². The van der Waals surface area contributed by atoms with Gasteiger partial charge in [-0.15, -0.1) is 0 Å². The molecule has 0 aliphatic carbocycles. The number of carbonyl (C=O) groups excluding carboxylic acids is 2. The molecule has 0 heterocycles. The summed E-state index contributed by atoms with van der Waals surface area (Å²) >= 11 is 0. The van der Waals surface area contributed by atoms with E-state index in [1.807, 2.05) is 44.2 Å². The van der Waals surface area contributed by atoms with Crippen molar-refractivity contribution in [3.05, 3.63) is 77.0 Å². The van der Waals surface area contributed by atoms with Crippen molar-refractivity contribution >= 4 is 17.6 Å². The molecule has 0 fully saturated rings. The van der Waals surface area contributed by atoms with Crippen molar-refractivity contribution in [2.45, 2.75) is 33.2 Å². The summed E-state index contributed by atoms with van der Waals surface area (Å²) in [6.07, 6.45) is 1.40. The maximum Gasteiger partial charge on any atom is 0.338 e. The van der Waals surface area contributed by atoms with Crippen LogP contribution in [0.4, 0.5) is 5.69 Å². The van der Waals surface area contributed by atoms with Gasteiger partial charge in [-0.25, -0.2) is 4.79 Å². The highest BCUT2D eigenvalue weighted by Gasteiger charge is 2.13. The third-order valence-electron chi connectivity index (χ3n) is 4.21. The Morgan fingerprint density at radius 2 is 1.83 bits per heavy atom. The number of benzene rings is 2. The standard InChI is InChI=1S/C23H25N3O3/c1-4-29-23(28)18-11-9-17(10-12-18)14-25-15-19(13-24)22(27)26-21-8-6-5-7-20(21)16(2)3/h5-12,15-16,25H,4,14H2,1-3H3,(H,26,27)/b19-15-. The van der Waals surface area contributed by atoms with Crippen LogP contribution in [0.1, 0.15) is 48.2 Å². The average molecular weight is 391 g/mol. The lowest BCUT2D eigenvalue weighted by molar-refractivity contribution is -0.112. The molecule has 29 heavy (non-hydrogen) atoms. The number of ether oxygens (including phenoxy) is 1. The molecule has 0 atom stereocenters. The summed E-state index contributed by atoms with van der Waals surface area (Å²) in [5, 5.41) is 15.1. The van der Waals surface area contributed by atoms with Gasteiger partial charge >= 0.3 is 5.97 Å². The molecule has 0 saturated carbocycles. The quantitative estimate of drug-likeness (QED) is 0.401. The minimum atomic E-state index is -0.467. The van der Waals surface area contributed by atoms with Gasteiger partial charge in [0.1, 0.15) is 11.6 Å². The number of nitriles is 1. The van der Waals surface area contributed by atoms with E-state index in [-0.39, 0.29) is 17.5 Å². The van der Waals surface area contributed by atoms with Gasteiger partial charge in [-0.05, 0) is 42.2 Å². The van der Waals surface area contributed by atoms with E-state index in [1.165, 1.54) is 6.20 Å². The lowest BCUT2D eigenvalue weighted by atomic mass is 10.0. The van der Waals surface area contributed by atoms with E-state index in [2.05, 4.69) is 10.6 Å². The Hall–Kier alpha value is -3.59. The second-order valence-corrected chi connectivity index (χ2v) is 6.66. The fourth-order valence-electron chi connectivity index (χ4n) is 2.70. The Balaban J connectivity index is 1.99. The zero-order valence-corrected chi connectivity index (χ0v) is 16.9. The number of anilines is 1. The van der Waals surface area contributed by atoms with Crippen molar-refractivity contribution in [2.75, 3.05) is 11.9 Å². The van der Waals surface area contributed by atoms with Crippen LogP contribution in [0, 0.1) is 11.3 Å². The maximum atomic E-state index is 12.4. The molecule has 2 N–H and O–H groups in total. The first kappa shape index (κ1) is 21.7. The fraction of sp³-hybridized carbons (Fsp3) is 0.261. The van der Waals surface area contributed by atoms with Gasteiger partial charge in [-0.1, -0.05) is 44.2 Å². The Bertz CT molecular complexity index is 925. The zero-order valence-electron chi connectivity index (χ0n) is 16.9. The molecule has 6 heteroatoms. The molecule has 6 nitrogen and oxygen atoms in total. The Labute approximate surface area is 171 Å². The van der Waals surface area contributed by atoms with Gasteiger partial charge in [0, 0.05) is 18.4 Å². The Morgan fingerprint density at radius 3 is 2.45 bits per heavy atom. The smallest absolute Gasteiger partial charge is 0.338 e. The molecular formula is C23H25N3O3. The van der Waals surface area contributed by atoms with Gasteiger partial charge in [0.05, 0.1) is 12.2 Å². The molecule has 0 bridgehead atoms. The van der Waals surface area contributed by atoms with Gasteiger partial charge in [-0.3, -0.25) is 4.79 Å². The summed E-state index contributed by atoms with van der Waals surface area (Å²) in [4.78, 5) is 24.1. The van der Waals surface area contributed by atoms with Crippen LogP contribution in [0.2, 0.25) is 0 Å². The first-order chi connectivity index (χ1) is 14.0. The first-order valence-electron chi connectivity index (χ1n) is 9.46. The van der Waals surface area contributed by atoms with E-state index in [1.54, 1.807) is 31.2 Å². The molecular weight excluding hydrogens is 366 g/mol. The van der Waals surface area contributed by atoms with Crippen molar-refractivity contribution in [1.82, 2.24) is 5.32 Å². The number of nitrogens with zero attached hydrogens (tertiary/aromatic N) is 1. The van der Waals surface area contributed by atoms with Crippen molar-refractivity contribution in [2.24, 2.45) is 0 Å². The number of amides is 1. The molecule has 0 radical (unpaired) electrons. The van der Waals surface area contributed by atoms with Crippen LogP contribution < -0.4 is 10.6 Å². The fourth-order valence-corrected chi connectivity index (χ4v) is 2.70. The molecule has 2 aromatic carbocycles. The lowest BCUT2D eigenvalue weighted by Gasteiger charge is -2.13. The predicted molar refractivity (Wildman–Crippen MR) is 112 cm³/mol. The highest BCUT2D eigenvalue weighted by Crippen LogP contribution is 2.24. The van der Waals surface area contributed by atoms with Gasteiger partial charge < -0.3 is 15.4 Å². The van der Waals surface area contributed by atoms with Gasteiger partial charge in [0.25, 0.3) is 5.91 Å². The number of rotatable bonds is 8. The Morgan fingerprint density at radius 1 is 1.14 bits per heavy atom.